The van der Waals surface area contributed by atoms with Gasteiger partial charge in [-0.1, -0.05) is 5.16 Å². The highest BCUT2D eigenvalue weighted by molar-refractivity contribution is 6.06. The van der Waals surface area contributed by atoms with Gasteiger partial charge in [-0.2, -0.15) is 0 Å². The third-order valence-corrected chi connectivity index (χ3v) is 5.67. The van der Waals surface area contributed by atoms with Crippen molar-refractivity contribution >= 4 is 40.1 Å². The fourth-order valence-electron chi connectivity index (χ4n) is 3.78. The molecular formula is C22H22N8O5. The van der Waals surface area contributed by atoms with E-state index < -0.39 is 23.5 Å². The summed E-state index contributed by atoms with van der Waals surface area (Å²) in [5.74, 6) is 0.256. The SMILES string of the molecule is Cc1nccc(-n2ccc(N3CCOC(C(C)(O)C(=O)Nc4ccc5c(N)noc5c4)C3=O)n2)n1. The molecule has 1 fully saturated rings. The van der Waals surface area contributed by atoms with E-state index in [4.69, 9.17) is 15.0 Å². The van der Waals surface area contributed by atoms with Crippen molar-refractivity contribution < 1.29 is 24.0 Å². The van der Waals surface area contributed by atoms with Gasteiger partial charge >= 0.3 is 0 Å². The molecule has 0 aliphatic carbocycles. The van der Waals surface area contributed by atoms with Crippen molar-refractivity contribution in [1.82, 2.24) is 24.9 Å². The summed E-state index contributed by atoms with van der Waals surface area (Å²) in [5.41, 5.74) is 4.22. The summed E-state index contributed by atoms with van der Waals surface area (Å²) in [6.07, 6.45) is 1.82. The lowest BCUT2D eigenvalue weighted by Crippen LogP contribution is -2.61. The van der Waals surface area contributed by atoms with Crippen LogP contribution in [0, 0.1) is 6.92 Å². The summed E-state index contributed by atoms with van der Waals surface area (Å²) in [6.45, 7) is 3.29. The average Bonchev–Trinajstić information content (AvgIpc) is 3.46. The first kappa shape index (κ1) is 22.4. The Bertz CT molecular complexity index is 1430. The molecule has 4 aromatic rings. The van der Waals surface area contributed by atoms with Crippen molar-refractivity contribution in [2.24, 2.45) is 0 Å². The van der Waals surface area contributed by atoms with E-state index in [-0.39, 0.29) is 19.0 Å². The normalized spacial score (nSPS) is 18.0. The lowest BCUT2D eigenvalue weighted by molar-refractivity contribution is -0.165. The molecular weight excluding hydrogens is 456 g/mol. The van der Waals surface area contributed by atoms with Gasteiger partial charge in [-0.15, -0.1) is 5.10 Å². The Labute approximate surface area is 198 Å². The van der Waals surface area contributed by atoms with Gasteiger partial charge in [0.05, 0.1) is 18.5 Å². The van der Waals surface area contributed by atoms with Gasteiger partial charge in [-0.25, -0.2) is 14.6 Å². The molecule has 2 amide bonds. The maximum atomic E-state index is 13.3. The van der Waals surface area contributed by atoms with Crippen LogP contribution >= 0.6 is 0 Å². The highest BCUT2D eigenvalue weighted by Gasteiger charge is 2.48. The van der Waals surface area contributed by atoms with E-state index in [1.165, 1.54) is 22.6 Å². The number of rotatable bonds is 5. The first-order valence-electron chi connectivity index (χ1n) is 10.7. The van der Waals surface area contributed by atoms with Crippen molar-refractivity contribution in [3.05, 3.63) is 48.5 Å². The van der Waals surface area contributed by atoms with Crippen LogP contribution in [-0.2, 0) is 14.3 Å². The second-order valence-corrected chi connectivity index (χ2v) is 8.20. The molecule has 1 saturated heterocycles. The molecule has 0 radical (unpaired) electrons. The second kappa shape index (κ2) is 8.45. The molecule has 35 heavy (non-hydrogen) atoms. The van der Waals surface area contributed by atoms with Crippen molar-refractivity contribution in [2.45, 2.75) is 25.6 Å². The topological polar surface area (TPSA) is 175 Å². The highest BCUT2D eigenvalue weighted by atomic mass is 16.5. The van der Waals surface area contributed by atoms with Crippen LogP contribution in [0.3, 0.4) is 0 Å². The molecule has 2 atom stereocenters. The van der Waals surface area contributed by atoms with Gasteiger partial charge in [0.25, 0.3) is 11.8 Å². The number of hydrogen-bond acceptors (Lipinski definition) is 10. The molecule has 5 rings (SSSR count). The molecule has 4 N–H and O–H groups in total. The third kappa shape index (κ3) is 4.06. The van der Waals surface area contributed by atoms with Crippen molar-refractivity contribution in [3.63, 3.8) is 0 Å². The molecule has 0 bridgehead atoms. The first-order valence-corrected chi connectivity index (χ1v) is 10.7. The van der Waals surface area contributed by atoms with Gasteiger partial charge in [0.15, 0.2) is 34.7 Å². The molecule has 0 saturated carbocycles. The maximum Gasteiger partial charge on any atom is 0.260 e. The third-order valence-electron chi connectivity index (χ3n) is 5.67. The minimum atomic E-state index is -2.18. The Morgan fingerprint density at radius 1 is 1.29 bits per heavy atom. The predicted molar refractivity (Wildman–Crippen MR) is 124 cm³/mol. The second-order valence-electron chi connectivity index (χ2n) is 8.20. The fourth-order valence-corrected chi connectivity index (χ4v) is 3.78. The lowest BCUT2D eigenvalue weighted by atomic mass is 9.95. The zero-order chi connectivity index (χ0) is 24.7. The number of aliphatic hydroxyl groups is 1. The quantitative estimate of drug-likeness (QED) is 0.372. The van der Waals surface area contributed by atoms with Crippen LogP contribution in [0.4, 0.5) is 17.3 Å². The minimum Gasteiger partial charge on any atom is -0.380 e. The fraction of sp³-hybridized carbons (Fsp3) is 0.273. The van der Waals surface area contributed by atoms with Crippen molar-refractivity contribution in [3.8, 4) is 5.82 Å². The molecule has 1 aliphatic heterocycles. The maximum absolute atomic E-state index is 13.3. The van der Waals surface area contributed by atoms with Gasteiger partial charge in [0.1, 0.15) is 5.82 Å². The van der Waals surface area contributed by atoms with E-state index in [0.717, 1.165) is 0 Å². The zero-order valence-electron chi connectivity index (χ0n) is 18.9. The number of nitrogen functional groups attached to an aromatic ring is 1. The minimum absolute atomic E-state index is 0.0998. The number of carbonyl (C=O) groups is 2. The largest absolute Gasteiger partial charge is 0.380 e. The number of nitrogens with zero attached hydrogens (tertiary/aromatic N) is 6. The van der Waals surface area contributed by atoms with Gasteiger partial charge in [-0.05, 0) is 26.0 Å². The molecule has 1 aromatic carbocycles. The van der Waals surface area contributed by atoms with E-state index in [0.29, 0.717) is 34.1 Å². The van der Waals surface area contributed by atoms with Gasteiger partial charge in [0, 0.05) is 36.3 Å². The van der Waals surface area contributed by atoms with Crippen LogP contribution < -0.4 is 16.0 Å². The van der Waals surface area contributed by atoms with Crippen molar-refractivity contribution in [1.29, 1.82) is 0 Å². The Balaban J connectivity index is 1.34. The van der Waals surface area contributed by atoms with Crippen LogP contribution in [0.15, 0.2) is 47.2 Å². The highest BCUT2D eigenvalue weighted by Crippen LogP contribution is 2.27. The number of carbonyl (C=O) groups excluding carboxylic acids is 2. The number of amides is 2. The predicted octanol–water partition coefficient (Wildman–Crippen LogP) is 0.816. The smallest absolute Gasteiger partial charge is 0.260 e. The number of anilines is 3. The van der Waals surface area contributed by atoms with E-state index in [2.05, 4.69) is 25.5 Å². The van der Waals surface area contributed by atoms with Crippen LogP contribution in [0.5, 0.6) is 0 Å². The summed E-state index contributed by atoms with van der Waals surface area (Å²) in [7, 11) is 0. The molecule has 2 unspecified atom stereocenters. The number of morpholine rings is 1. The summed E-state index contributed by atoms with van der Waals surface area (Å²) < 4.78 is 12.2. The number of ether oxygens (including phenoxy) is 1. The van der Waals surface area contributed by atoms with E-state index in [1.54, 1.807) is 43.6 Å². The van der Waals surface area contributed by atoms with Crippen molar-refractivity contribution in [2.75, 3.05) is 29.1 Å². The summed E-state index contributed by atoms with van der Waals surface area (Å²) in [6, 6.07) is 8.06. The number of aryl methyl sites for hydroxylation is 1. The molecule has 4 heterocycles. The van der Waals surface area contributed by atoms with Crippen LogP contribution in [0.2, 0.25) is 0 Å². The number of benzene rings is 1. The molecule has 1 aliphatic rings. The Kier molecular flexibility index (Phi) is 5.42. The lowest BCUT2D eigenvalue weighted by Gasteiger charge is -2.37. The van der Waals surface area contributed by atoms with E-state index >= 15 is 0 Å². The first-order chi connectivity index (χ1) is 16.7. The molecule has 13 nitrogen and oxygen atoms in total. The monoisotopic (exact) mass is 478 g/mol. The van der Waals surface area contributed by atoms with E-state index in [9.17, 15) is 14.7 Å². The van der Waals surface area contributed by atoms with E-state index in [1.807, 2.05) is 0 Å². The number of aromatic nitrogens is 5. The summed E-state index contributed by atoms with van der Waals surface area (Å²) >= 11 is 0. The van der Waals surface area contributed by atoms with Gasteiger partial charge in [0.2, 0.25) is 0 Å². The standard InChI is InChI=1S/C22H22N8O5/c1-12-24-7-5-16(25-12)30-8-6-17(27-30)29-9-10-34-18(20(29)31)22(2,33)21(32)26-13-3-4-14-15(11-13)35-28-19(14)23/h3-8,11,18,33H,9-10H2,1-2H3,(H2,23,28)(H,26,32). The number of nitrogens with one attached hydrogen (secondary N) is 1. The van der Waals surface area contributed by atoms with Gasteiger partial charge < -0.3 is 25.4 Å². The molecule has 0 spiro atoms. The number of fused-ring (bicyclic) bond motifs is 1. The number of hydrogen-bond donors (Lipinski definition) is 3. The molecule has 13 heteroatoms. The number of nitrogens with two attached hydrogens (primary N) is 1. The molecule has 180 valence electrons. The summed E-state index contributed by atoms with van der Waals surface area (Å²) in [5, 5.41) is 22.3. The zero-order valence-corrected chi connectivity index (χ0v) is 18.9. The van der Waals surface area contributed by atoms with Crippen LogP contribution in [0.1, 0.15) is 12.7 Å². The Morgan fingerprint density at radius 2 is 2.11 bits per heavy atom. The van der Waals surface area contributed by atoms with Crippen LogP contribution in [-0.4, -0.2) is 66.7 Å². The Hall–Kier alpha value is -4.36. The molecule has 3 aromatic heterocycles. The van der Waals surface area contributed by atoms with Crippen LogP contribution in [0.25, 0.3) is 16.8 Å². The average molecular weight is 478 g/mol. The Morgan fingerprint density at radius 3 is 2.91 bits per heavy atom. The summed E-state index contributed by atoms with van der Waals surface area (Å²) in [4.78, 5) is 36.0. The van der Waals surface area contributed by atoms with Gasteiger partial charge in [-0.3, -0.25) is 14.5 Å².